The minimum atomic E-state index is 0.289. The third kappa shape index (κ3) is 4.86. The number of rotatable bonds is 7. The molecule has 3 heteroatoms. The van der Waals surface area contributed by atoms with Gasteiger partial charge in [0.1, 0.15) is 5.75 Å². The van der Waals surface area contributed by atoms with Gasteiger partial charge >= 0.3 is 0 Å². The normalized spacial score (nSPS) is 10.4. The van der Waals surface area contributed by atoms with Gasteiger partial charge in [0.2, 0.25) is 0 Å². The highest BCUT2D eigenvalue weighted by molar-refractivity contribution is 6.31. The molecule has 0 spiro atoms. The van der Waals surface area contributed by atoms with Gasteiger partial charge in [-0.05, 0) is 49.9 Å². The summed E-state index contributed by atoms with van der Waals surface area (Å²) in [5.74, 6) is 0.879. The molecule has 0 aromatic heterocycles. The van der Waals surface area contributed by atoms with E-state index in [4.69, 9.17) is 21.4 Å². The zero-order valence-corrected chi connectivity index (χ0v) is 10.5. The molecule has 1 rings (SSSR count). The molecule has 0 saturated heterocycles. The fourth-order valence-electron chi connectivity index (χ4n) is 1.46. The first-order valence-corrected chi connectivity index (χ1v) is 6.11. The summed E-state index contributed by atoms with van der Waals surface area (Å²) in [6.07, 6.45) is 4.09. The standard InChI is InChI=1S/C13H19ClO2/c1-11-10-12(6-7-13(11)14)16-9-5-3-2-4-8-15/h6-7,10,15H,2-5,8-9H2,1H3. The van der Waals surface area contributed by atoms with Gasteiger partial charge in [-0.15, -0.1) is 0 Å². The Morgan fingerprint density at radius 1 is 1.19 bits per heavy atom. The molecule has 2 nitrogen and oxygen atoms in total. The van der Waals surface area contributed by atoms with E-state index in [1.54, 1.807) is 0 Å². The highest BCUT2D eigenvalue weighted by Crippen LogP contribution is 2.21. The maximum Gasteiger partial charge on any atom is 0.119 e. The number of aliphatic hydroxyl groups excluding tert-OH is 1. The lowest BCUT2D eigenvalue weighted by Gasteiger charge is -2.07. The largest absolute Gasteiger partial charge is 0.494 e. The second-order valence-corrected chi connectivity index (χ2v) is 4.30. The van der Waals surface area contributed by atoms with Gasteiger partial charge in [0.05, 0.1) is 6.61 Å². The lowest BCUT2D eigenvalue weighted by atomic mass is 10.2. The van der Waals surface area contributed by atoms with E-state index in [0.717, 1.165) is 48.6 Å². The van der Waals surface area contributed by atoms with Crippen LogP contribution < -0.4 is 4.74 Å². The summed E-state index contributed by atoms with van der Waals surface area (Å²) in [6.45, 7) is 2.99. The fraction of sp³-hybridized carbons (Fsp3) is 0.538. The highest BCUT2D eigenvalue weighted by atomic mass is 35.5. The van der Waals surface area contributed by atoms with Gasteiger partial charge < -0.3 is 9.84 Å². The van der Waals surface area contributed by atoms with Gasteiger partial charge in [0.15, 0.2) is 0 Å². The molecule has 1 aromatic rings. The molecule has 0 amide bonds. The first-order chi connectivity index (χ1) is 7.74. The Morgan fingerprint density at radius 3 is 2.62 bits per heavy atom. The van der Waals surface area contributed by atoms with Crippen LogP contribution in [0.2, 0.25) is 5.02 Å². The molecule has 1 aromatic carbocycles. The van der Waals surface area contributed by atoms with Crippen LogP contribution in [0.25, 0.3) is 0 Å². The van der Waals surface area contributed by atoms with Crippen LogP contribution in [0.1, 0.15) is 31.2 Å². The maximum atomic E-state index is 8.61. The monoisotopic (exact) mass is 242 g/mol. The van der Waals surface area contributed by atoms with Gasteiger partial charge in [0, 0.05) is 11.6 Å². The van der Waals surface area contributed by atoms with Crippen LogP contribution in [0, 0.1) is 6.92 Å². The summed E-state index contributed by atoms with van der Waals surface area (Å²) < 4.78 is 5.60. The molecule has 16 heavy (non-hydrogen) atoms. The zero-order valence-electron chi connectivity index (χ0n) is 9.71. The number of benzene rings is 1. The summed E-state index contributed by atoms with van der Waals surface area (Å²) in [7, 11) is 0. The number of hydrogen-bond acceptors (Lipinski definition) is 2. The SMILES string of the molecule is Cc1cc(OCCCCCCO)ccc1Cl. The van der Waals surface area contributed by atoms with Gasteiger partial charge in [-0.1, -0.05) is 18.0 Å². The second kappa shape index (κ2) is 7.53. The van der Waals surface area contributed by atoms with Crippen LogP contribution in [0.4, 0.5) is 0 Å². The van der Waals surface area contributed by atoms with Crippen molar-refractivity contribution in [2.45, 2.75) is 32.6 Å². The van der Waals surface area contributed by atoms with Gasteiger partial charge in [-0.2, -0.15) is 0 Å². The van der Waals surface area contributed by atoms with Crippen LogP contribution in [-0.4, -0.2) is 18.3 Å². The van der Waals surface area contributed by atoms with Crippen molar-refractivity contribution in [2.24, 2.45) is 0 Å². The summed E-state index contributed by atoms with van der Waals surface area (Å²) in [6, 6.07) is 5.71. The number of aliphatic hydroxyl groups is 1. The van der Waals surface area contributed by atoms with Crippen molar-refractivity contribution in [3.05, 3.63) is 28.8 Å². The van der Waals surface area contributed by atoms with Crippen molar-refractivity contribution in [1.82, 2.24) is 0 Å². The molecule has 0 fully saturated rings. The minimum absolute atomic E-state index is 0.289. The van der Waals surface area contributed by atoms with Crippen molar-refractivity contribution in [2.75, 3.05) is 13.2 Å². The second-order valence-electron chi connectivity index (χ2n) is 3.90. The van der Waals surface area contributed by atoms with Crippen LogP contribution in [0.3, 0.4) is 0 Å². The Labute approximate surface area is 102 Å². The van der Waals surface area contributed by atoms with E-state index in [1.807, 2.05) is 25.1 Å². The van der Waals surface area contributed by atoms with Crippen molar-refractivity contribution in [3.63, 3.8) is 0 Å². The molecule has 0 aliphatic carbocycles. The van der Waals surface area contributed by atoms with Gasteiger partial charge in [-0.3, -0.25) is 0 Å². The quantitative estimate of drug-likeness (QED) is 0.741. The Kier molecular flexibility index (Phi) is 6.27. The number of hydrogen-bond donors (Lipinski definition) is 1. The molecule has 90 valence electrons. The predicted octanol–water partition coefficient (Wildman–Crippen LogP) is 3.58. The average Bonchev–Trinajstić information content (AvgIpc) is 2.28. The topological polar surface area (TPSA) is 29.5 Å². The first kappa shape index (κ1) is 13.3. The van der Waals surface area contributed by atoms with E-state index < -0.39 is 0 Å². The molecule has 1 N–H and O–H groups in total. The van der Waals surface area contributed by atoms with Crippen molar-refractivity contribution in [3.8, 4) is 5.75 Å². The van der Waals surface area contributed by atoms with Gasteiger partial charge in [-0.25, -0.2) is 0 Å². The molecule has 0 aliphatic heterocycles. The number of ether oxygens (including phenoxy) is 1. The molecule has 0 heterocycles. The van der Waals surface area contributed by atoms with Crippen LogP contribution in [0.15, 0.2) is 18.2 Å². The zero-order chi connectivity index (χ0) is 11.8. The predicted molar refractivity (Wildman–Crippen MR) is 67.2 cm³/mol. The number of halogens is 1. The van der Waals surface area contributed by atoms with E-state index in [9.17, 15) is 0 Å². The molecule has 0 radical (unpaired) electrons. The van der Waals surface area contributed by atoms with Crippen LogP contribution in [0.5, 0.6) is 5.75 Å². The summed E-state index contributed by atoms with van der Waals surface area (Å²) in [4.78, 5) is 0. The molecular weight excluding hydrogens is 224 g/mol. The lowest BCUT2D eigenvalue weighted by molar-refractivity contribution is 0.273. The Hall–Kier alpha value is -0.730. The van der Waals surface area contributed by atoms with Crippen LogP contribution in [-0.2, 0) is 0 Å². The number of unbranched alkanes of at least 4 members (excludes halogenated alkanes) is 3. The average molecular weight is 243 g/mol. The summed E-state index contributed by atoms with van der Waals surface area (Å²) in [5.41, 5.74) is 1.04. The molecule has 0 aliphatic rings. The molecule has 0 bridgehead atoms. The molecular formula is C13H19ClO2. The Morgan fingerprint density at radius 2 is 1.94 bits per heavy atom. The Bertz CT molecular complexity index is 313. The third-order valence-electron chi connectivity index (χ3n) is 2.45. The summed E-state index contributed by atoms with van der Waals surface area (Å²) >= 11 is 5.92. The molecule has 0 unspecified atom stereocenters. The highest BCUT2D eigenvalue weighted by Gasteiger charge is 1.98. The third-order valence-corrected chi connectivity index (χ3v) is 2.87. The van der Waals surface area contributed by atoms with E-state index in [2.05, 4.69) is 0 Å². The van der Waals surface area contributed by atoms with E-state index in [0.29, 0.717) is 0 Å². The summed E-state index contributed by atoms with van der Waals surface area (Å²) in [5, 5.41) is 9.39. The first-order valence-electron chi connectivity index (χ1n) is 5.74. The van der Waals surface area contributed by atoms with Crippen LogP contribution >= 0.6 is 11.6 Å². The lowest BCUT2D eigenvalue weighted by Crippen LogP contribution is -1.97. The maximum absolute atomic E-state index is 8.61. The number of aryl methyl sites for hydroxylation is 1. The molecule has 0 atom stereocenters. The van der Waals surface area contributed by atoms with Gasteiger partial charge in [0.25, 0.3) is 0 Å². The Balaban J connectivity index is 2.19. The van der Waals surface area contributed by atoms with E-state index in [1.165, 1.54) is 0 Å². The van der Waals surface area contributed by atoms with Crippen molar-refractivity contribution in [1.29, 1.82) is 0 Å². The van der Waals surface area contributed by atoms with Crippen molar-refractivity contribution < 1.29 is 9.84 Å². The van der Waals surface area contributed by atoms with Crippen molar-refractivity contribution >= 4 is 11.6 Å². The minimum Gasteiger partial charge on any atom is -0.494 e. The molecule has 0 saturated carbocycles. The van der Waals surface area contributed by atoms with E-state index in [-0.39, 0.29) is 6.61 Å². The van der Waals surface area contributed by atoms with E-state index >= 15 is 0 Å². The smallest absolute Gasteiger partial charge is 0.119 e. The fourth-order valence-corrected chi connectivity index (χ4v) is 1.58.